The van der Waals surface area contributed by atoms with E-state index in [9.17, 15) is 9.59 Å². The summed E-state index contributed by atoms with van der Waals surface area (Å²) in [7, 11) is 4.05. The van der Waals surface area contributed by atoms with Crippen molar-refractivity contribution in [3.63, 3.8) is 0 Å². The molecule has 9 heteroatoms. The Morgan fingerprint density at radius 1 is 1.06 bits per heavy atom. The molecule has 0 aliphatic heterocycles. The van der Waals surface area contributed by atoms with Crippen molar-refractivity contribution in [3.8, 4) is 5.75 Å². The lowest BCUT2D eigenvalue weighted by Gasteiger charge is -2.13. The summed E-state index contributed by atoms with van der Waals surface area (Å²) in [6.07, 6.45) is 0.774. The highest BCUT2D eigenvalue weighted by atomic mass is 16.5. The predicted molar refractivity (Wildman–Crippen MR) is 130 cm³/mol. The van der Waals surface area contributed by atoms with Gasteiger partial charge in [-0.05, 0) is 57.3 Å². The van der Waals surface area contributed by atoms with Crippen LogP contribution >= 0.6 is 0 Å². The molecule has 0 saturated heterocycles. The monoisotopic (exact) mass is 455 g/mol. The number of aliphatic imine (C=N–C) groups is 1. The summed E-state index contributed by atoms with van der Waals surface area (Å²) in [5.41, 5.74) is 2.87. The van der Waals surface area contributed by atoms with Crippen molar-refractivity contribution < 1.29 is 19.4 Å². The molecule has 9 nitrogen and oxygen atoms in total. The van der Waals surface area contributed by atoms with Crippen LogP contribution < -0.4 is 20.7 Å². The van der Waals surface area contributed by atoms with Crippen molar-refractivity contribution in [3.05, 3.63) is 59.7 Å². The Hall–Kier alpha value is -3.59. The molecule has 2 aromatic rings. The van der Waals surface area contributed by atoms with E-state index in [2.05, 4.69) is 25.8 Å². The van der Waals surface area contributed by atoms with Crippen LogP contribution in [0, 0.1) is 6.92 Å². The van der Waals surface area contributed by atoms with E-state index in [-0.39, 0.29) is 18.9 Å². The predicted octanol–water partition coefficient (Wildman–Crippen LogP) is 3.07. The molecule has 4 N–H and O–H groups in total. The normalized spacial score (nSPS) is 11.2. The SMILES string of the molecule is Cc1ccc(CN=C(NC(=O)NCCC(=O)O)Nc2ccc(OCCCN(C)C)cc2)cc1. The van der Waals surface area contributed by atoms with Gasteiger partial charge in [0.05, 0.1) is 19.6 Å². The van der Waals surface area contributed by atoms with Crippen LogP contribution in [0.25, 0.3) is 0 Å². The number of rotatable bonds is 11. The molecule has 0 saturated carbocycles. The van der Waals surface area contributed by atoms with Crippen LogP contribution in [0.1, 0.15) is 24.0 Å². The Morgan fingerprint density at radius 2 is 1.76 bits per heavy atom. The van der Waals surface area contributed by atoms with Gasteiger partial charge in [0.1, 0.15) is 5.75 Å². The second kappa shape index (κ2) is 13.7. The molecule has 0 aromatic heterocycles. The van der Waals surface area contributed by atoms with E-state index >= 15 is 0 Å². The molecule has 0 bridgehead atoms. The number of benzene rings is 2. The van der Waals surface area contributed by atoms with Crippen LogP contribution in [-0.2, 0) is 11.3 Å². The molecule has 2 amide bonds. The largest absolute Gasteiger partial charge is 0.494 e. The van der Waals surface area contributed by atoms with Crippen LogP contribution in [0.2, 0.25) is 0 Å². The number of carboxylic acid groups (broad SMARTS) is 1. The number of nitrogens with zero attached hydrogens (tertiary/aromatic N) is 2. The molecule has 0 heterocycles. The Balaban J connectivity index is 1.99. The molecule has 178 valence electrons. The molecule has 0 radical (unpaired) electrons. The van der Waals surface area contributed by atoms with Gasteiger partial charge in [-0.25, -0.2) is 9.79 Å². The Labute approximate surface area is 194 Å². The summed E-state index contributed by atoms with van der Waals surface area (Å²) in [5, 5.41) is 17.0. The van der Waals surface area contributed by atoms with Crippen LogP contribution in [0.3, 0.4) is 0 Å². The van der Waals surface area contributed by atoms with Gasteiger partial charge in [-0.1, -0.05) is 29.8 Å². The first-order chi connectivity index (χ1) is 15.8. The van der Waals surface area contributed by atoms with Gasteiger partial charge in [-0.2, -0.15) is 0 Å². The van der Waals surface area contributed by atoms with E-state index in [4.69, 9.17) is 9.84 Å². The van der Waals surface area contributed by atoms with Crippen molar-refractivity contribution >= 4 is 23.6 Å². The number of urea groups is 1. The Kier molecular flexibility index (Phi) is 10.7. The molecule has 2 aromatic carbocycles. The highest BCUT2D eigenvalue weighted by molar-refractivity contribution is 6.03. The summed E-state index contributed by atoms with van der Waals surface area (Å²) in [6, 6.07) is 14.8. The van der Waals surface area contributed by atoms with Crippen molar-refractivity contribution in [2.24, 2.45) is 4.99 Å². The Bertz CT molecular complexity index is 911. The van der Waals surface area contributed by atoms with Gasteiger partial charge in [-0.15, -0.1) is 0 Å². The van der Waals surface area contributed by atoms with Gasteiger partial charge in [0.2, 0.25) is 5.96 Å². The number of aliphatic carboxylic acids is 1. The van der Waals surface area contributed by atoms with E-state index in [1.165, 1.54) is 0 Å². The molecule has 33 heavy (non-hydrogen) atoms. The maximum atomic E-state index is 12.2. The number of carbonyl (C=O) groups excluding carboxylic acids is 1. The van der Waals surface area contributed by atoms with Gasteiger partial charge in [0, 0.05) is 18.8 Å². The van der Waals surface area contributed by atoms with Crippen molar-refractivity contribution in [1.82, 2.24) is 15.5 Å². The van der Waals surface area contributed by atoms with Crippen LogP contribution in [0.15, 0.2) is 53.5 Å². The Morgan fingerprint density at radius 3 is 2.39 bits per heavy atom. The summed E-state index contributed by atoms with van der Waals surface area (Å²) >= 11 is 0. The summed E-state index contributed by atoms with van der Waals surface area (Å²) in [4.78, 5) is 29.4. The van der Waals surface area contributed by atoms with Crippen LogP contribution in [-0.4, -0.2) is 61.8 Å². The van der Waals surface area contributed by atoms with Gasteiger partial charge in [-0.3, -0.25) is 10.1 Å². The number of hydrogen-bond acceptors (Lipinski definition) is 5. The summed E-state index contributed by atoms with van der Waals surface area (Å²) in [6.45, 7) is 3.99. The van der Waals surface area contributed by atoms with Gasteiger partial charge in [0.15, 0.2) is 0 Å². The first-order valence-electron chi connectivity index (χ1n) is 10.8. The number of amides is 2. The van der Waals surface area contributed by atoms with E-state index in [1.807, 2.05) is 69.6 Å². The zero-order valence-electron chi connectivity index (χ0n) is 19.4. The smallest absolute Gasteiger partial charge is 0.321 e. The second-order valence-corrected chi connectivity index (χ2v) is 7.83. The fourth-order valence-corrected chi connectivity index (χ4v) is 2.75. The fourth-order valence-electron chi connectivity index (χ4n) is 2.75. The average Bonchev–Trinajstić information content (AvgIpc) is 2.77. The summed E-state index contributed by atoms with van der Waals surface area (Å²) < 4.78 is 5.75. The molecule has 0 atom stereocenters. The second-order valence-electron chi connectivity index (χ2n) is 7.83. The molecule has 0 unspecified atom stereocenters. The molecule has 0 fully saturated rings. The average molecular weight is 456 g/mol. The number of anilines is 1. The number of carbonyl (C=O) groups is 2. The van der Waals surface area contributed by atoms with Crippen LogP contribution in [0.5, 0.6) is 5.75 Å². The highest BCUT2D eigenvalue weighted by Gasteiger charge is 2.08. The third-order valence-electron chi connectivity index (χ3n) is 4.53. The standard InChI is InChI=1S/C24H33N5O4/c1-18-5-7-19(8-6-18)17-26-23(28-24(32)25-14-13-22(30)31)27-20-9-11-21(12-10-20)33-16-4-15-29(2)3/h5-12H,4,13-17H2,1-3H3,(H,30,31)(H3,25,26,27,28,32). The molecule has 0 aliphatic carbocycles. The minimum Gasteiger partial charge on any atom is -0.494 e. The van der Waals surface area contributed by atoms with E-state index in [1.54, 1.807) is 0 Å². The third-order valence-corrected chi connectivity index (χ3v) is 4.53. The maximum absolute atomic E-state index is 12.2. The zero-order valence-corrected chi connectivity index (χ0v) is 19.4. The number of ether oxygens (including phenoxy) is 1. The number of carboxylic acids is 1. The molecule has 0 spiro atoms. The molecular formula is C24H33N5O4. The number of guanidine groups is 1. The van der Waals surface area contributed by atoms with Crippen LogP contribution in [0.4, 0.5) is 10.5 Å². The van der Waals surface area contributed by atoms with Crippen molar-refractivity contribution in [1.29, 1.82) is 0 Å². The van der Waals surface area contributed by atoms with Crippen molar-refractivity contribution in [2.45, 2.75) is 26.3 Å². The maximum Gasteiger partial charge on any atom is 0.321 e. The van der Waals surface area contributed by atoms with Gasteiger partial charge >= 0.3 is 12.0 Å². The highest BCUT2D eigenvalue weighted by Crippen LogP contribution is 2.16. The molecule has 0 aliphatic rings. The fraction of sp³-hybridized carbons (Fsp3) is 0.375. The minimum absolute atomic E-state index is 0.0201. The lowest BCUT2D eigenvalue weighted by Crippen LogP contribution is -2.43. The minimum atomic E-state index is -0.981. The lowest BCUT2D eigenvalue weighted by molar-refractivity contribution is -0.136. The number of hydrogen-bond donors (Lipinski definition) is 4. The van der Waals surface area contributed by atoms with Gasteiger partial charge < -0.3 is 25.4 Å². The first kappa shape index (κ1) is 25.7. The van der Waals surface area contributed by atoms with E-state index < -0.39 is 12.0 Å². The van der Waals surface area contributed by atoms with Crippen molar-refractivity contribution in [2.75, 3.05) is 39.1 Å². The lowest BCUT2D eigenvalue weighted by atomic mass is 10.1. The topological polar surface area (TPSA) is 115 Å². The third kappa shape index (κ3) is 11.0. The number of nitrogens with one attached hydrogen (secondary N) is 3. The zero-order chi connectivity index (χ0) is 24.1. The van der Waals surface area contributed by atoms with E-state index in [0.717, 1.165) is 35.5 Å². The summed E-state index contributed by atoms with van der Waals surface area (Å²) in [5.74, 6) is 0.0329. The number of aryl methyl sites for hydroxylation is 1. The van der Waals surface area contributed by atoms with Gasteiger partial charge in [0.25, 0.3) is 0 Å². The molecule has 2 rings (SSSR count). The first-order valence-corrected chi connectivity index (χ1v) is 10.8. The quantitative estimate of drug-likeness (QED) is 0.235. The van der Waals surface area contributed by atoms with E-state index in [0.29, 0.717) is 13.2 Å². The molecular weight excluding hydrogens is 422 g/mol.